The van der Waals surface area contributed by atoms with E-state index in [2.05, 4.69) is 10.1 Å². The second kappa shape index (κ2) is 9.49. The zero-order chi connectivity index (χ0) is 22.7. The molecule has 0 unspecified atom stereocenters. The monoisotopic (exact) mass is 456 g/mol. The van der Waals surface area contributed by atoms with Crippen LogP contribution in [0.2, 0.25) is 0 Å². The van der Waals surface area contributed by atoms with Gasteiger partial charge in [0.1, 0.15) is 11.2 Å². The highest BCUT2D eigenvalue weighted by Crippen LogP contribution is 2.28. The summed E-state index contributed by atoms with van der Waals surface area (Å²) >= 11 is 1.50. The fourth-order valence-corrected chi connectivity index (χ4v) is 4.35. The molecule has 1 amide bonds. The molecule has 0 N–H and O–H groups in total. The number of methoxy groups -OCH3 is 1. The molecule has 3 aromatic rings. The SMILES string of the molecule is COc1cc(/C=N/n2cnc3sc(C)c(C)c3c2=O)ccc1OCC(=O)N1CCOCC1. The predicted molar refractivity (Wildman–Crippen MR) is 122 cm³/mol. The highest BCUT2D eigenvalue weighted by atomic mass is 32.1. The van der Waals surface area contributed by atoms with Crippen LogP contribution in [0, 0.1) is 13.8 Å². The highest BCUT2D eigenvalue weighted by Gasteiger charge is 2.18. The molecule has 0 atom stereocenters. The van der Waals surface area contributed by atoms with Gasteiger partial charge in [-0.25, -0.2) is 4.98 Å². The van der Waals surface area contributed by atoms with Crippen LogP contribution in [0.3, 0.4) is 0 Å². The normalized spacial score (nSPS) is 14.3. The maximum Gasteiger partial charge on any atom is 0.282 e. The molecule has 1 aromatic carbocycles. The van der Waals surface area contributed by atoms with E-state index >= 15 is 0 Å². The minimum absolute atomic E-state index is 0.0791. The van der Waals surface area contributed by atoms with Gasteiger partial charge in [-0.3, -0.25) is 9.59 Å². The topological polar surface area (TPSA) is 95.2 Å². The summed E-state index contributed by atoms with van der Waals surface area (Å²) in [6.45, 7) is 6.03. The van der Waals surface area contributed by atoms with Gasteiger partial charge in [0, 0.05) is 18.0 Å². The van der Waals surface area contributed by atoms with E-state index in [-0.39, 0.29) is 18.1 Å². The first kappa shape index (κ1) is 22.0. The number of benzene rings is 1. The average molecular weight is 457 g/mol. The Bertz CT molecular complexity index is 1230. The molecule has 3 heterocycles. The Kier molecular flexibility index (Phi) is 6.52. The van der Waals surface area contributed by atoms with Crippen molar-refractivity contribution in [1.82, 2.24) is 14.6 Å². The second-order valence-corrected chi connectivity index (χ2v) is 8.50. The van der Waals surface area contributed by atoms with Crippen molar-refractivity contribution >= 4 is 33.7 Å². The summed E-state index contributed by atoms with van der Waals surface area (Å²) < 4.78 is 17.6. The third-order valence-corrected chi connectivity index (χ3v) is 6.42. The number of aromatic nitrogens is 2. The number of thiophene rings is 1. The van der Waals surface area contributed by atoms with Crippen molar-refractivity contribution in [3.63, 3.8) is 0 Å². The third-order valence-electron chi connectivity index (χ3n) is 5.31. The number of nitrogens with zero attached hydrogens (tertiary/aromatic N) is 4. The van der Waals surface area contributed by atoms with Gasteiger partial charge in [0.15, 0.2) is 18.1 Å². The van der Waals surface area contributed by atoms with Gasteiger partial charge < -0.3 is 19.1 Å². The minimum atomic E-state index is -0.207. The lowest BCUT2D eigenvalue weighted by atomic mass is 10.2. The van der Waals surface area contributed by atoms with Gasteiger partial charge in [0.05, 0.1) is 31.9 Å². The summed E-state index contributed by atoms with van der Waals surface area (Å²) in [6, 6.07) is 5.22. The molecule has 1 fully saturated rings. The van der Waals surface area contributed by atoms with Crippen LogP contribution >= 0.6 is 11.3 Å². The van der Waals surface area contributed by atoms with Crippen molar-refractivity contribution in [2.24, 2.45) is 5.10 Å². The van der Waals surface area contributed by atoms with E-state index in [9.17, 15) is 9.59 Å². The molecular weight excluding hydrogens is 432 g/mol. The number of ether oxygens (including phenoxy) is 3. The van der Waals surface area contributed by atoms with Crippen LogP contribution in [0.1, 0.15) is 16.0 Å². The first-order valence-corrected chi connectivity index (χ1v) is 11.0. The summed E-state index contributed by atoms with van der Waals surface area (Å²) in [4.78, 5) is 32.9. The van der Waals surface area contributed by atoms with Gasteiger partial charge >= 0.3 is 0 Å². The Balaban J connectivity index is 1.49. The Morgan fingerprint density at radius 1 is 1.28 bits per heavy atom. The summed E-state index contributed by atoms with van der Waals surface area (Å²) in [5.74, 6) is 0.826. The summed E-state index contributed by atoms with van der Waals surface area (Å²) in [6.07, 6.45) is 2.97. The van der Waals surface area contributed by atoms with Gasteiger partial charge in [-0.15, -0.1) is 11.3 Å². The number of hydrogen-bond acceptors (Lipinski definition) is 8. The third kappa shape index (κ3) is 4.51. The van der Waals surface area contributed by atoms with Crippen molar-refractivity contribution in [3.05, 3.63) is 50.9 Å². The quantitative estimate of drug-likeness (QED) is 0.528. The molecule has 4 rings (SSSR count). The second-order valence-electron chi connectivity index (χ2n) is 7.29. The summed E-state index contributed by atoms with van der Waals surface area (Å²) in [5, 5.41) is 4.87. The molecule has 168 valence electrons. The van der Waals surface area contributed by atoms with Gasteiger partial charge in [0.2, 0.25) is 0 Å². The molecule has 1 saturated heterocycles. The van der Waals surface area contributed by atoms with Crippen molar-refractivity contribution in [2.75, 3.05) is 40.0 Å². The fourth-order valence-electron chi connectivity index (χ4n) is 3.36. The number of morpholine rings is 1. The van der Waals surface area contributed by atoms with Crippen LogP contribution in [0.25, 0.3) is 10.2 Å². The first-order valence-electron chi connectivity index (χ1n) is 10.2. The number of carbonyl (C=O) groups is 1. The molecule has 0 spiro atoms. The van der Waals surface area contributed by atoms with E-state index in [0.717, 1.165) is 10.4 Å². The number of amides is 1. The number of hydrogen-bond donors (Lipinski definition) is 0. The van der Waals surface area contributed by atoms with Crippen LogP contribution in [0.4, 0.5) is 0 Å². The van der Waals surface area contributed by atoms with Crippen LogP contribution in [0.5, 0.6) is 11.5 Å². The molecule has 0 bridgehead atoms. The minimum Gasteiger partial charge on any atom is -0.493 e. The van der Waals surface area contributed by atoms with Crippen LogP contribution in [-0.2, 0) is 9.53 Å². The Hall–Kier alpha value is -3.24. The number of aryl methyl sites for hydroxylation is 2. The summed E-state index contributed by atoms with van der Waals surface area (Å²) in [7, 11) is 1.52. The Labute approximate surface area is 188 Å². The summed E-state index contributed by atoms with van der Waals surface area (Å²) in [5.41, 5.74) is 1.43. The Morgan fingerprint density at radius 3 is 2.81 bits per heavy atom. The lowest BCUT2D eigenvalue weighted by Crippen LogP contribution is -2.43. The van der Waals surface area contributed by atoms with Crippen LogP contribution < -0.4 is 15.0 Å². The van der Waals surface area contributed by atoms with Gasteiger partial charge in [-0.2, -0.15) is 9.78 Å². The van der Waals surface area contributed by atoms with Crippen LogP contribution in [-0.4, -0.2) is 66.7 Å². The van der Waals surface area contributed by atoms with Crippen molar-refractivity contribution < 1.29 is 19.0 Å². The molecule has 2 aromatic heterocycles. The van der Waals surface area contributed by atoms with Crippen molar-refractivity contribution in [1.29, 1.82) is 0 Å². The smallest absolute Gasteiger partial charge is 0.282 e. The lowest BCUT2D eigenvalue weighted by molar-refractivity contribution is -0.137. The molecule has 9 nitrogen and oxygen atoms in total. The average Bonchev–Trinajstić information content (AvgIpc) is 3.11. The maximum atomic E-state index is 12.8. The molecular formula is C22H24N4O5S. The highest BCUT2D eigenvalue weighted by molar-refractivity contribution is 7.18. The van der Waals surface area contributed by atoms with E-state index < -0.39 is 0 Å². The number of carbonyl (C=O) groups excluding carboxylic acids is 1. The van der Waals surface area contributed by atoms with E-state index in [1.165, 1.54) is 29.5 Å². The lowest BCUT2D eigenvalue weighted by Gasteiger charge is -2.26. The predicted octanol–water partition coefficient (Wildman–Crippen LogP) is 2.20. The molecule has 10 heteroatoms. The van der Waals surface area contributed by atoms with Crippen LogP contribution in [0.15, 0.2) is 34.4 Å². The number of rotatable bonds is 6. The van der Waals surface area contributed by atoms with E-state index in [1.54, 1.807) is 29.3 Å². The van der Waals surface area contributed by atoms with Crippen molar-refractivity contribution in [3.8, 4) is 11.5 Å². The van der Waals surface area contributed by atoms with E-state index in [4.69, 9.17) is 14.2 Å². The van der Waals surface area contributed by atoms with E-state index in [0.29, 0.717) is 53.6 Å². The molecule has 32 heavy (non-hydrogen) atoms. The fraction of sp³-hybridized carbons (Fsp3) is 0.364. The van der Waals surface area contributed by atoms with Gasteiger partial charge in [-0.05, 0) is 43.2 Å². The van der Waals surface area contributed by atoms with Gasteiger partial charge in [-0.1, -0.05) is 0 Å². The molecule has 1 aliphatic rings. The maximum absolute atomic E-state index is 12.8. The first-order chi connectivity index (χ1) is 15.5. The zero-order valence-electron chi connectivity index (χ0n) is 18.2. The largest absolute Gasteiger partial charge is 0.493 e. The van der Waals surface area contributed by atoms with E-state index in [1.807, 2.05) is 13.8 Å². The zero-order valence-corrected chi connectivity index (χ0v) is 19.0. The molecule has 0 radical (unpaired) electrons. The molecule has 0 saturated carbocycles. The van der Waals surface area contributed by atoms with Crippen molar-refractivity contribution in [2.45, 2.75) is 13.8 Å². The van der Waals surface area contributed by atoms with Gasteiger partial charge in [0.25, 0.3) is 11.5 Å². The standard InChI is InChI=1S/C22H24N4O5S/c1-14-15(2)32-21-20(14)22(28)26(13-23-21)24-11-16-4-5-17(18(10-16)29-3)31-12-19(27)25-6-8-30-9-7-25/h4-5,10-11,13H,6-9,12H2,1-3H3/b24-11+. The number of fused-ring (bicyclic) bond motifs is 1. The Morgan fingerprint density at radius 2 is 2.06 bits per heavy atom. The molecule has 1 aliphatic heterocycles. The molecule has 0 aliphatic carbocycles.